The van der Waals surface area contributed by atoms with Gasteiger partial charge in [0.1, 0.15) is 5.92 Å². The van der Waals surface area contributed by atoms with Gasteiger partial charge in [0.05, 0.1) is 12.6 Å². The lowest BCUT2D eigenvalue weighted by Crippen LogP contribution is -2.73. The molecule has 3 atom stereocenters. The van der Waals surface area contributed by atoms with Gasteiger partial charge in [-0.05, 0) is 18.6 Å². The van der Waals surface area contributed by atoms with Gasteiger partial charge < -0.3 is 15.2 Å². The zero-order chi connectivity index (χ0) is 18.1. The Morgan fingerprint density at radius 3 is 2.71 bits per heavy atom. The first-order valence-electron chi connectivity index (χ1n) is 7.04. The molecular formula is C14H16F3N3O4. The van der Waals surface area contributed by atoms with Gasteiger partial charge in [-0.2, -0.15) is 13.2 Å². The van der Waals surface area contributed by atoms with Crippen LogP contribution in [0.3, 0.4) is 0 Å². The van der Waals surface area contributed by atoms with Crippen molar-refractivity contribution in [2.75, 3.05) is 13.7 Å². The van der Waals surface area contributed by atoms with Crippen LogP contribution in [-0.2, 0) is 9.53 Å². The van der Waals surface area contributed by atoms with E-state index in [1.807, 2.05) is 0 Å². The van der Waals surface area contributed by atoms with E-state index in [2.05, 4.69) is 10.3 Å². The Morgan fingerprint density at radius 2 is 2.21 bits per heavy atom. The largest absolute Gasteiger partial charge is 0.466 e. The van der Waals surface area contributed by atoms with Crippen molar-refractivity contribution in [3.63, 3.8) is 0 Å². The summed E-state index contributed by atoms with van der Waals surface area (Å²) in [6, 6.07) is 0.207. The predicted octanol–water partition coefficient (Wildman–Crippen LogP) is 1.21. The molecule has 0 spiro atoms. The molecule has 24 heavy (non-hydrogen) atoms. The average molecular weight is 347 g/mol. The molecule has 1 aliphatic rings. The van der Waals surface area contributed by atoms with E-state index in [1.54, 1.807) is 0 Å². The molecule has 0 bridgehead atoms. The summed E-state index contributed by atoms with van der Waals surface area (Å²) in [5.41, 5.74) is -3.58. The number of hydrogen-bond acceptors (Lipinski definition) is 5. The second-order valence-corrected chi connectivity index (χ2v) is 5.23. The molecule has 2 N–H and O–H groups in total. The van der Waals surface area contributed by atoms with Crippen molar-refractivity contribution in [2.24, 2.45) is 5.92 Å². The molecule has 0 unspecified atom stereocenters. The van der Waals surface area contributed by atoms with E-state index in [1.165, 1.54) is 31.5 Å². The first-order chi connectivity index (χ1) is 11.1. The van der Waals surface area contributed by atoms with Gasteiger partial charge in [-0.1, -0.05) is 6.07 Å². The number of urea groups is 1. The van der Waals surface area contributed by atoms with Crippen LogP contribution >= 0.6 is 0 Å². The third-order valence-electron chi connectivity index (χ3n) is 3.86. The highest BCUT2D eigenvalue weighted by molar-refractivity contribution is 5.83. The van der Waals surface area contributed by atoms with E-state index in [9.17, 15) is 27.9 Å². The molecule has 1 aliphatic heterocycles. The van der Waals surface area contributed by atoms with Crippen LogP contribution in [0.25, 0.3) is 0 Å². The number of carbonyl (C=O) groups excluding carboxylic acids is 2. The molecular weight excluding hydrogens is 331 g/mol. The summed E-state index contributed by atoms with van der Waals surface area (Å²) in [5.74, 6) is -3.40. The maximum absolute atomic E-state index is 13.6. The fourth-order valence-electron chi connectivity index (χ4n) is 2.64. The third-order valence-corrected chi connectivity index (χ3v) is 3.86. The van der Waals surface area contributed by atoms with Crippen LogP contribution in [0.4, 0.5) is 18.0 Å². The molecule has 2 heterocycles. The Morgan fingerprint density at radius 1 is 1.54 bits per heavy atom. The molecule has 7 nitrogen and oxygen atoms in total. The molecule has 0 aliphatic carbocycles. The molecule has 1 fully saturated rings. The average Bonchev–Trinajstić information content (AvgIpc) is 2.52. The number of hydrogen-bond donors (Lipinski definition) is 2. The van der Waals surface area contributed by atoms with Gasteiger partial charge in [0, 0.05) is 19.4 Å². The van der Waals surface area contributed by atoms with Crippen LogP contribution in [0.5, 0.6) is 0 Å². The van der Waals surface area contributed by atoms with Crippen molar-refractivity contribution in [1.82, 2.24) is 15.2 Å². The summed E-state index contributed by atoms with van der Waals surface area (Å²) < 4.78 is 45.5. The number of halogens is 3. The van der Waals surface area contributed by atoms with Gasteiger partial charge in [0.25, 0.3) is 5.72 Å². The number of alkyl halides is 3. The number of esters is 1. The maximum atomic E-state index is 13.6. The van der Waals surface area contributed by atoms with Crippen LogP contribution in [0.15, 0.2) is 24.5 Å². The van der Waals surface area contributed by atoms with Crippen LogP contribution < -0.4 is 5.32 Å². The highest BCUT2D eigenvalue weighted by atomic mass is 19.4. The molecule has 0 aromatic carbocycles. The van der Waals surface area contributed by atoms with Gasteiger partial charge in [-0.3, -0.25) is 14.7 Å². The quantitative estimate of drug-likeness (QED) is 0.802. The molecule has 132 valence electrons. The number of amides is 2. The monoisotopic (exact) mass is 347 g/mol. The van der Waals surface area contributed by atoms with E-state index in [0.717, 1.165) is 7.05 Å². The second-order valence-electron chi connectivity index (χ2n) is 5.23. The van der Waals surface area contributed by atoms with Crippen molar-refractivity contribution >= 4 is 12.0 Å². The summed E-state index contributed by atoms with van der Waals surface area (Å²) in [4.78, 5) is 28.0. The summed E-state index contributed by atoms with van der Waals surface area (Å²) in [6.07, 6.45) is -2.69. The van der Waals surface area contributed by atoms with Gasteiger partial charge in [-0.15, -0.1) is 0 Å². The van der Waals surface area contributed by atoms with Gasteiger partial charge >= 0.3 is 18.2 Å². The summed E-state index contributed by atoms with van der Waals surface area (Å²) in [6.45, 7) is 1.25. The fraction of sp³-hybridized carbons (Fsp3) is 0.500. The van der Waals surface area contributed by atoms with E-state index in [-0.39, 0.29) is 17.1 Å². The lowest BCUT2D eigenvalue weighted by Gasteiger charge is -2.49. The van der Waals surface area contributed by atoms with Crippen LogP contribution in [0.1, 0.15) is 18.5 Å². The second kappa shape index (κ2) is 6.27. The Kier molecular flexibility index (Phi) is 4.70. The van der Waals surface area contributed by atoms with E-state index >= 15 is 0 Å². The van der Waals surface area contributed by atoms with Crippen molar-refractivity contribution in [3.05, 3.63) is 30.1 Å². The lowest BCUT2D eigenvalue weighted by atomic mass is 9.81. The topological polar surface area (TPSA) is 91.8 Å². The van der Waals surface area contributed by atoms with Gasteiger partial charge in [0.15, 0.2) is 0 Å². The minimum Gasteiger partial charge on any atom is -0.466 e. The highest BCUT2D eigenvalue weighted by Crippen LogP contribution is 2.46. The first kappa shape index (κ1) is 18.0. The number of aromatic nitrogens is 1. The molecule has 1 aromatic rings. The van der Waals surface area contributed by atoms with Crippen LogP contribution in [0, 0.1) is 5.92 Å². The zero-order valence-electron chi connectivity index (χ0n) is 12.9. The smallest absolute Gasteiger partial charge is 0.437 e. The van der Waals surface area contributed by atoms with Crippen molar-refractivity contribution < 1.29 is 32.6 Å². The van der Waals surface area contributed by atoms with E-state index in [0.29, 0.717) is 0 Å². The standard InChI is InChI=1S/C14H16F3N3O4/c1-3-24-11(21)9-10(8-5-4-6-18-7-8)19-12(22)20(2)13(9,23)14(15,16)17/h4-7,9-10,23H,3H2,1-2H3,(H,19,22)/t9-,10-,13+/m0/s1. The first-order valence-corrected chi connectivity index (χ1v) is 7.04. The van der Waals surface area contributed by atoms with Crippen molar-refractivity contribution in [3.8, 4) is 0 Å². The summed E-state index contributed by atoms with van der Waals surface area (Å²) >= 11 is 0. The normalized spacial score (nSPS) is 27.6. The Bertz CT molecular complexity index is 625. The molecule has 10 heteroatoms. The minimum atomic E-state index is -5.28. The lowest BCUT2D eigenvalue weighted by molar-refractivity contribution is -0.328. The Labute approximate surface area is 135 Å². The van der Waals surface area contributed by atoms with Gasteiger partial charge in [-0.25, -0.2) is 4.79 Å². The molecule has 1 aromatic heterocycles. The predicted molar refractivity (Wildman–Crippen MR) is 74.4 cm³/mol. The number of nitrogens with zero attached hydrogens (tertiary/aromatic N) is 2. The number of pyridine rings is 1. The Balaban J connectivity index is 2.61. The number of aliphatic hydroxyl groups is 1. The number of ether oxygens (including phenoxy) is 1. The molecule has 2 amide bonds. The molecule has 0 radical (unpaired) electrons. The zero-order valence-corrected chi connectivity index (χ0v) is 12.9. The number of carbonyl (C=O) groups is 2. The summed E-state index contributed by atoms with van der Waals surface area (Å²) in [5, 5.41) is 12.6. The maximum Gasteiger partial charge on any atom is 0.437 e. The number of nitrogens with one attached hydrogen (secondary N) is 1. The number of rotatable bonds is 3. The van der Waals surface area contributed by atoms with Crippen LogP contribution in [-0.4, -0.2) is 52.5 Å². The minimum absolute atomic E-state index is 0.0570. The van der Waals surface area contributed by atoms with E-state index in [4.69, 9.17) is 4.74 Å². The third kappa shape index (κ3) is 2.77. The van der Waals surface area contributed by atoms with Crippen molar-refractivity contribution in [2.45, 2.75) is 24.9 Å². The van der Waals surface area contributed by atoms with Crippen LogP contribution in [0.2, 0.25) is 0 Å². The fourth-order valence-corrected chi connectivity index (χ4v) is 2.64. The van der Waals surface area contributed by atoms with E-state index < -0.39 is 35.9 Å². The summed E-state index contributed by atoms with van der Waals surface area (Å²) in [7, 11) is 0.758. The SMILES string of the molecule is CCOC(=O)[C@@H]1[C@H](c2cccnc2)NC(=O)N(C)[C@]1(O)C(F)(F)F. The van der Waals surface area contributed by atoms with Gasteiger partial charge in [0.2, 0.25) is 0 Å². The van der Waals surface area contributed by atoms with Crippen molar-refractivity contribution in [1.29, 1.82) is 0 Å². The highest BCUT2D eigenvalue weighted by Gasteiger charge is 2.69. The molecule has 1 saturated heterocycles. The Hall–Kier alpha value is -2.36. The molecule has 2 rings (SSSR count). The molecule has 0 saturated carbocycles.